The number of nitrogens with one attached hydrogen (secondary N) is 1. The van der Waals surface area contributed by atoms with Gasteiger partial charge in [0.1, 0.15) is 5.41 Å². The molecule has 21 heavy (non-hydrogen) atoms. The van der Waals surface area contributed by atoms with Gasteiger partial charge in [-0.05, 0) is 59.2 Å². The van der Waals surface area contributed by atoms with Crippen molar-refractivity contribution in [3.8, 4) is 0 Å². The molecule has 1 aromatic carbocycles. The molecule has 0 aliphatic carbocycles. The minimum atomic E-state index is -1.09. The van der Waals surface area contributed by atoms with E-state index in [0.717, 1.165) is 11.3 Å². The van der Waals surface area contributed by atoms with Crippen molar-refractivity contribution in [1.82, 2.24) is 5.32 Å². The molecule has 0 aliphatic rings. The summed E-state index contributed by atoms with van der Waals surface area (Å²) in [4.78, 5) is 26.7. The second-order valence-electron chi connectivity index (χ2n) is 6.14. The molecule has 0 saturated heterocycles. The van der Waals surface area contributed by atoms with Crippen LogP contribution in [0, 0.1) is 12.3 Å². The lowest BCUT2D eigenvalue weighted by Gasteiger charge is -2.31. The van der Waals surface area contributed by atoms with Gasteiger partial charge in [0.2, 0.25) is 11.8 Å². The van der Waals surface area contributed by atoms with Crippen molar-refractivity contribution in [3.05, 3.63) is 29.8 Å². The number of amides is 2. The summed E-state index contributed by atoms with van der Waals surface area (Å²) in [5.74, 6) is -0.428. The minimum absolute atomic E-state index is 0.0126. The fourth-order valence-electron chi connectivity index (χ4n) is 2.12. The summed E-state index contributed by atoms with van der Waals surface area (Å²) < 4.78 is 0. The first-order valence-corrected chi connectivity index (χ1v) is 7.39. The molecule has 0 radical (unpaired) electrons. The normalized spacial score (nSPS) is 11.4. The Labute approximate surface area is 127 Å². The standard InChI is InChI=1S/C17H26N2O2/c1-7-19(14-10-8-9-13(4)11-14)16(21)17(5,6)15(20)18-12(2)3/h8-12H,7H2,1-6H3,(H,18,20). The van der Waals surface area contributed by atoms with Crippen molar-refractivity contribution >= 4 is 17.5 Å². The van der Waals surface area contributed by atoms with Gasteiger partial charge in [0.05, 0.1) is 0 Å². The molecule has 0 heterocycles. The molecular weight excluding hydrogens is 264 g/mol. The maximum absolute atomic E-state index is 12.8. The molecule has 1 N–H and O–H groups in total. The van der Waals surface area contributed by atoms with E-state index in [1.54, 1.807) is 18.7 Å². The Morgan fingerprint density at radius 2 is 1.90 bits per heavy atom. The van der Waals surface area contributed by atoms with Crippen molar-refractivity contribution < 1.29 is 9.59 Å². The SMILES string of the molecule is CCN(C(=O)C(C)(C)C(=O)NC(C)C)c1cccc(C)c1. The highest BCUT2D eigenvalue weighted by atomic mass is 16.2. The Morgan fingerprint density at radius 3 is 2.38 bits per heavy atom. The molecule has 4 nitrogen and oxygen atoms in total. The van der Waals surface area contributed by atoms with E-state index in [9.17, 15) is 9.59 Å². The molecular formula is C17H26N2O2. The van der Waals surface area contributed by atoms with Gasteiger partial charge in [0.15, 0.2) is 0 Å². The summed E-state index contributed by atoms with van der Waals surface area (Å²) in [5, 5.41) is 2.82. The smallest absolute Gasteiger partial charge is 0.242 e. The lowest BCUT2D eigenvalue weighted by atomic mass is 9.89. The van der Waals surface area contributed by atoms with E-state index < -0.39 is 5.41 Å². The second-order valence-corrected chi connectivity index (χ2v) is 6.14. The molecule has 0 aromatic heterocycles. The molecule has 4 heteroatoms. The van der Waals surface area contributed by atoms with Crippen LogP contribution >= 0.6 is 0 Å². The summed E-state index contributed by atoms with van der Waals surface area (Å²) in [5.41, 5.74) is 0.820. The number of aryl methyl sites for hydroxylation is 1. The highest BCUT2D eigenvalue weighted by Gasteiger charge is 2.39. The summed E-state index contributed by atoms with van der Waals surface area (Å²) >= 11 is 0. The maximum atomic E-state index is 12.8. The fourth-order valence-corrected chi connectivity index (χ4v) is 2.12. The second kappa shape index (κ2) is 6.74. The summed E-state index contributed by atoms with van der Waals surface area (Å²) in [7, 11) is 0. The van der Waals surface area contributed by atoms with Crippen LogP contribution in [0.15, 0.2) is 24.3 Å². The maximum Gasteiger partial charge on any atom is 0.242 e. The van der Waals surface area contributed by atoms with Crippen molar-refractivity contribution in [2.45, 2.75) is 47.6 Å². The Hall–Kier alpha value is -1.84. The lowest BCUT2D eigenvalue weighted by Crippen LogP contribution is -2.51. The number of benzene rings is 1. The quantitative estimate of drug-likeness (QED) is 0.848. The zero-order valence-electron chi connectivity index (χ0n) is 13.9. The average Bonchev–Trinajstić information content (AvgIpc) is 2.38. The van der Waals surface area contributed by atoms with E-state index >= 15 is 0 Å². The summed E-state index contributed by atoms with van der Waals surface area (Å²) in [6.45, 7) is 11.5. The van der Waals surface area contributed by atoms with Crippen molar-refractivity contribution in [1.29, 1.82) is 0 Å². The van der Waals surface area contributed by atoms with Gasteiger partial charge in [-0.25, -0.2) is 0 Å². The van der Waals surface area contributed by atoms with E-state index in [4.69, 9.17) is 0 Å². The van der Waals surface area contributed by atoms with Crippen molar-refractivity contribution in [2.24, 2.45) is 5.41 Å². The predicted octanol–water partition coefficient (Wildman–Crippen LogP) is 2.90. The summed E-state index contributed by atoms with van der Waals surface area (Å²) in [6, 6.07) is 7.77. The lowest BCUT2D eigenvalue weighted by molar-refractivity contribution is -0.140. The molecule has 1 aromatic rings. The van der Waals surface area contributed by atoms with Crippen LogP contribution in [0.5, 0.6) is 0 Å². The Balaban J connectivity index is 3.05. The highest BCUT2D eigenvalue weighted by Crippen LogP contribution is 2.25. The van der Waals surface area contributed by atoms with Crippen LogP contribution in [0.2, 0.25) is 0 Å². The van der Waals surface area contributed by atoms with Gasteiger partial charge in [-0.1, -0.05) is 12.1 Å². The summed E-state index contributed by atoms with van der Waals surface area (Å²) in [6.07, 6.45) is 0. The molecule has 0 saturated carbocycles. The minimum Gasteiger partial charge on any atom is -0.353 e. The van der Waals surface area contributed by atoms with Crippen LogP contribution in [0.1, 0.15) is 40.2 Å². The van der Waals surface area contributed by atoms with Gasteiger partial charge in [-0.3, -0.25) is 9.59 Å². The van der Waals surface area contributed by atoms with Crippen LogP contribution in [0.25, 0.3) is 0 Å². The third kappa shape index (κ3) is 4.06. The number of nitrogens with zero attached hydrogens (tertiary/aromatic N) is 1. The van der Waals surface area contributed by atoms with Gasteiger partial charge in [0.25, 0.3) is 0 Å². The third-order valence-corrected chi connectivity index (χ3v) is 3.40. The van der Waals surface area contributed by atoms with E-state index in [1.807, 2.05) is 52.0 Å². The van der Waals surface area contributed by atoms with E-state index in [-0.39, 0.29) is 17.9 Å². The van der Waals surface area contributed by atoms with E-state index in [2.05, 4.69) is 5.32 Å². The van der Waals surface area contributed by atoms with Gasteiger partial charge in [0, 0.05) is 18.3 Å². The molecule has 0 spiro atoms. The fraction of sp³-hybridized carbons (Fsp3) is 0.529. The Bertz CT molecular complexity index is 521. The number of carbonyl (C=O) groups excluding carboxylic acids is 2. The molecule has 0 bridgehead atoms. The number of hydrogen-bond acceptors (Lipinski definition) is 2. The van der Waals surface area contributed by atoms with Gasteiger partial charge in [-0.15, -0.1) is 0 Å². The highest BCUT2D eigenvalue weighted by molar-refractivity contribution is 6.11. The number of hydrogen-bond donors (Lipinski definition) is 1. The monoisotopic (exact) mass is 290 g/mol. The molecule has 116 valence electrons. The van der Waals surface area contributed by atoms with Gasteiger partial charge in [-0.2, -0.15) is 0 Å². The van der Waals surface area contributed by atoms with Crippen LogP contribution in [0.4, 0.5) is 5.69 Å². The molecule has 2 amide bonds. The van der Waals surface area contributed by atoms with E-state index in [1.165, 1.54) is 0 Å². The number of rotatable bonds is 5. The van der Waals surface area contributed by atoms with Crippen LogP contribution in [-0.4, -0.2) is 24.4 Å². The predicted molar refractivity (Wildman–Crippen MR) is 86.3 cm³/mol. The first-order chi connectivity index (χ1) is 9.70. The van der Waals surface area contributed by atoms with Gasteiger partial charge >= 0.3 is 0 Å². The average molecular weight is 290 g/mol. The zero-order chi connectivity index (χ0) is 16.2. The Kier molecular flexibility index (Phi) is 5.53. The molecule has 0 atom stereocenters. The molecule has 1 rings (SSSR count). The molecule has 0 unspecified atom stereocenters. The van der Waals surface area contributed by atoms with Crippen molar-refractivity contribution in [2.75, 3.05) is 11.4 Å². The first kappa shape index (κ1) is 17.2. The largest absolute Gasteiger partial charge is 0.353 e. The molecule has 0 fully saturated rings. The van der Waals surface area contributed by atoms with Crippen LogP contribution in [0.3, 0.4) is 0 Å². The molecule has 0 aliphatic heterocycles. The van der Waals surface area contributed by atoms with E-state index in [0.29, 0.717) is 6.54 Å². The van der Waals surface area contributed by atoms with Crippen molar-refractivity contribution in [3.63, 3.8) is 0 Å². The Morgan fingerprint density at radius 1 is 1.29 bits per heavy atom. The van der Waals surface area contributed by atoms with Crippen LogP contribution < -0.4 is 10.2 Å². The number of carbonyl (C=O) groups is 2. The first-order valence-electron chi connectivity index (χ1n) is 7.39. The van der Waals surface area contributed by atoms with Crippen LogP contribution in [-0.2, 0) is 9.59 Å². The number of anilines is 1. The topological polar surface area (TPSA) is 49.4 Å². The van der Waals surface area contributed by atoms with Gasteiger partial charge < -0.3 is 10.2 Å². The third-order valence-electron chi connectivity index (χ3n) is 3.40. The zero-order valence-corrected chi connectivity index (χ0v) is 13.9.